The van der Waals surface area contributed by atoms with Crippen LogP contribution in [0.4, 0.5) is 0 Å². The molecule has 0 saturated heterocycles. The van der Waals surface area contributed by atoms with Crippen LogP contribution in [0.15, 0.2) is 23.0 Å². The quantitative estimate of drug-likeness (QED) is 0.432. The van der Waals surface area contributed by atoms with Crippen LogP contribution in [0.25, 0.3) is 10.9 Å². The monoisotopic (exact) mass is 382 g/mol. The number of alkyl halides is 1. The lowest BCUT2D eigenvalue weighted by molar-refractivity contribution is 0.0829. The molecule has 0 spiro atoms. The molecule has 22 heavy (non-hydrogen) atoms. The molecule has 0 unspecified atom stereocenters. The summed E-state index contributed by atoms with van der Waals surface area (Å²) in [5.74, 6) is 0.692. The molecule has 120 valence electrons. The van der Waals surface area contributed by atoms with Gasteiger partial charge in [-0.05, 0) is 24.6 Å². The van der Waals surface area contributed by atoms with Crippen LogP contribution in [0.2, 0.25) is 25.7 Å². The summed E-state index contributed by atoms with van der Waals surface area (Å²) < 4.78 is 7.35. The summed E-state index contributed by atoms with van der Waals surface area (Å²) in [6.45, 7) is 9.76. The fraction of sp³-hybridized carbons (Fsp3) is 0.500. The van der Waals surface area contributed by atoms with Crippen molar-refractivity contribution < 1.29 is 4.74 Å². The second-order valence-corrected chi connectivity index (χ2v) is 12.9. The maximum absolute atomic E-state index is 12.8. The number of ether oxygens (including phenoxy) is 1. The largest absolute Gasteiger partial charge is 0.361 e. The van der Waals surface area contributed by atoms with Gasteiger partial charge in [-0.2, -0.15) is 0 Å². The van der Waals surface area contributed by atoms with E-state index in [4.69, 9.17) is 4.74 Å². The van der Waals surface area contributed by atoms with E-state index in [1.165, 1.54) is 0 Å². The molecule has 4 nitrogen and oxygen atoms in total. The summed E-state index contributed by atoms with van der Waals surface area (Å²) in [7, 11) is -1.12. The number of aromatic nitrogens is 2. The van der Waals surface area contributed by atoms with Crippen LogP contribution in [0, 0.1) is 6.92 Å². The zero-order valence-corrected chi connectivity index (χ0v) is 16.2. The van der Waals surface area contributed by atoms with E-state index in [-0.39, 0.29) is 12.3 Å². The smallest absolute Gasteiger partial charge is 0.263 e. The molecule has 0 amide bonds. The molecule has 2 rings (SSSR count). The van der Waals surface area contributed by atoms with Gasteiger partial charge in [-0.3, -0.25) is 9.36 Å². The molecule has 1 heterocycles. The Morgan fingerprint density at radius 1 is 1.32 bits per heavy atom. The first kappa shape index (κ1) is 17.4. The molecule has 0 aliphatic carbocycles. The number of fused-ring (bicyclic) bond motifs is 1. The summed E-state index contributed by atoms with van der Waals surface area (Å²) in [6.07, 6.45) is 0. The maximum Gasteiger partial charge on any atom is 0.263 e. The highest BCUT2D eigenvalue weighted by molar-refractivity contribution is 9.08. The number of halogens is 1. The SMILES string of the molecule is Cc1nc2cccc(CBr)c2c(=O)n1COCC[Si](C)(C)C. The average Bonchev–Trinajstić information content (AvgIpc) is 2.44. The van der Waals surface area contributed by atoms with Crippen LogP contribution in [0.3, 0.4) is 0 Å². The van der Waals surface area contributed by atoms with Gasteiger partial charge < -0.3 is 4.74 Å². The Balaban J connectivity index is 2.28. The third-order valence-corrected chi connectivity index (χ3v) is 5.93. The summed E-state index contributed by atoms with van der Waals surface area (Å²) in [5.41, 5.74) is 1.69. The summed E-state index contributed by atoms with van der Waals surface area (Å²) in [4.78, 5) is 17.3. The van der Waals surface area contributed by atoms with Crippen LogP contribution < -0.4 is 5.56 Å². The predicted molar refractivity (Wildman–Crippen MR) is 97.5 cm³/mol. The number of rotatable bonds is 6. The molecule has 1 aromatic carbocycles. The molecule has 0 aliphatic heterocycles. The Hall–Kier alpha value is -0.983. The van der Waals surface area contributed by atoms with Crippen LogP contribution in [-0.4, -0.2) is 24.2 Å². The molecule has 0 radical (unpaired) electrons. The van der Waals surface area contributed by atoms with Gasteiger partial charge >= 0.3 is 0 Å². The van der Waals surface area contributed by atoms with Crippen molar-refractivity contribution in [2.45, 2.75) is 44.7 Å². The van der Waals surface area contributed by atoms with E-state index < -0.39 is 8.07 Å². The van der Waals surface area contributed by atoms with Crippen molar-refractivity contribution in [3.05, 3.63) is 39.9 Å². The van der Waals surface area contributed by atoms with E-state index in [9.17, 15) is 4.79 Å². The Labute approximate surface area is 140 Å². The molecule has 0 atom stereocenters. The van der Waals surface area contributed by atoms with Crippen LogP contribution in [0.1, 0.15) is 11.4 Å². The van der Waals surface area contributed by atoms with Crippen LogP contribution in [-0.2, 0) is 16.8 Å². The fourth-order valence-electron chi connectivity index (χ4n) is 2.24. The topological polar surface area (TPSA) is 44.1 Å². The average molecular weight is 383 g/mol. The zero-order chi connectivity index (χ0) is 16.3. The van der Waals surface area contributed by atoms with Gasteiger partial charge in [-0.1, -0.05) is 47.7 Å². The molecular formula is C16H23BrN2O2Si. The fourth-order valence-corrected chi connectivity index (χ4v) is 3.46. The maximum atomic E-state index is 12.8. The van der Waals surface area contributed by atoms with Crippen molar-refractivity contribution in [2.75, 3.05) is 6.61 Å². The normalized spacial score (nSPS) is 12.0. The van der Waals surface area contributed by atoms with Crippen molar-refractivity contribution in [3.8, 4) is 0 Å². The van der Waals surface area contributed by atoms with Gasteiger partial charge in [-0.25, -0.2) is 4.98 Å². The number of hydrogen-bond donors (Lipinski definition) is 0. The number of benzene rings is 1. The number of aryl methyl sites for hydroxylation is 1. The van der Waals surface area contributed by atoms with E-state index in [1.54, 1.807) is 4.57 Å². The van der Waals surface area contributed by atoms with Crippen molar-refractivity contribution in [1.29, 1.82) is 0 Å². The Bertz CT molecular complexity index is 722. The highest BCUT2D eigenvalue weighted by Crippen LogP contribution is 2.16. The van der Waals surface area contributed by atoms with Gasteiger partial charge in [0.25, 0.3) is 5.56 Å². The lowest BCUT2D eigenvalue weighted by Crippen LogP contribution is -2.27. The van der Waals surface area contributed by atoms with E-state index in [0.29, 0.717) is 23.1 Å². The van der Waals surface area contributed by atoms with Crippen molar-refractivity contribution in [3.63, 3.8) is 0 Å². The van der Waals surface area contributed by atoms with Gasteiger partial charge in [0.2, 0.25) is 0 Å². The van der Waals surface area contributed by atoms with Gasteiger partial charge in [0, 0.05) is 20.0 Å². The molecule has 1 aromatic heterocycles. The molecule has 0 bridgehead atoms. The van der Waals surface area contributed by atoms with E-state index in [1.807, 2.05) is 25.1 Å². The first-order chi connectivity index (χ1) is 10.3. The highest BCUT2D eigenvalue weighted by atomic mass is 79.9. The first-order valence-electron chi connectivity index (χ1n) is 7.46. The van der Waals surface area contributed by atoms with E-state index >= 15 is 0 Å². The first-order valence-corrected chi connectivity index (χ1v) is 12.3. The summed E-state index contributed by atoms with van der Waals surface area (Å²) in [5, 5.41) is 1.32. The van der Waals surface area contributed by atoms with Gasteiger partial charge in [-0.15, -0.1) is 0 Å². The molecule has 0 N–H and O–H groups in total. The third-order valence-electron chi connectivity index (χ3n) is 3.62. The Morgan fingerprint density at radius 2 is 2.05 bits per heavy atom. The van der Waals surface area contributed by atoms with Crippen LogP contribution >= 0.6 is 15.9 Å². The second kappa shape index (κ2) is 7.06. The number of nitrogens with zero attached hydrogens (tertiary/aromatic N) is 2. The van der Waals surface area contributed by atoms with Crippen molar-refractivity contribution in [2.24, 2.45) is 0 Å². The molecule has 0 saturated carbocycles. The standard InChI is InChI=1S/C16H23BrN2O2Si/c1-12-18-14-7-5-6-13(10-17)15(14)16(20)19(12)11-21-8-9-22(2,3)4/h5-7H,8-11H2,1-4H3. The van der Waals surface area contributed by atoms with Gasteiger partial charge in [0.1, 0.15) is 12.6 Å². The van der Waals surface area contributed by atoms with Crippen molar-refractivity contribution in [1.82, 2.24) is 9.55 Å². The second-order valence-electron chi connectivity index (χ2n) is 6.69. The van der Waals surface area contributed by atoms with E-state index in [2.05, 4.69) is 40.6 Å². The highest BCUT2D eigenvalue weighted by Gasteiger charge is 2.14. The number of hydrogen-bond acceptors (Lipinski definition) is 3. The molecule has 0 fully saturated rings. The predicted octanol–water partition coefficient (Wildman–Crippen LogP) is 3.91. The lowest BCUT2D eigenvalue weighted by atomic mass is 10.1. The van der Waals surface area contributed by atoms with Crippen molar-refractivity contribution >= 4 is 34.9 Å². The molecule has 6 heteroatoms. The van der Waals surface area contributed by atoms with Crippen LogP contribution in [0.5, 0.6) is 0 Å². The minimum absolute atomic E-state index is 0.0226. The summed E-state index contributed by atoms with van der Waals surface area (Å²) >= 11 is 3.44. The minimum atomic E-state index is -1.12. The third kappa shape index (κ3) is 4.06. The lowest BCUT2D eigenvalue weighted by Gasteiger charge is -2.17. The minimum Gasteiger partial charge on any atom is -0.361 e. The zero-order valence-electron chi connectivity index (χ0n) is 13.6. The Morgan fingerprint density at radius 3 is 2.68 bits per heavy atom. The molecule has 0 aliphatic rings. The Kier molecular flexibility index (Phi) is 5.58. The molecule has 2 aromatic rings. The molecular weight excluding hydrogens is 360 g/mol. The van der Waals surface area contributed by atoms with Gasteiger partial charge in [0.15, 0.2) is 0 Å². The van der Waals surface area contributed by atoms with Gasteiger partial charge in [0.05, 0.1) is 10.9 Å². The van der Waals surface area contributed by atoms with E-state index in [0.717, 1.165) is 17.1 Å². The summed E-state index contributed by atoms with van der Waals surface area (Å²) in [6, 6.07) is 6.85.